The molecule has 3 aromatic rings. The number of hydrogen-bond acceptors (Lipinski definition) is 4. The van der Waals surface area contributed by atoms with Gasteiger partial charge in [0.1, 0.15) is 6.54 Å². The third kappa shape index (κ3) is 5.03. The van der Waals surface area contributed by atoms with Gasteiger partial charge < -0.3 is 10.6 Å². The molecule has 30 heavy (non-hydrogen) atoms. The zero-order valence-corrected chi connectivity index (χ0v) is 17.1. The van der Waals surface area contributed by atoms with Crippen LogP contribution in [0.1, 0.15) is 21.7 Å². The highest BCUT2D eigenvalue weighted by atomic mass is 79.9. The molecule has 2 N–H and O–H groups in total. The predicted octanol–water partition coefficient (Wildman–Crippen LogP) is 4.26. The number of benzene rings is 2. The van der Waals surface area contributed by atoms with E-state index in [1.54, 1.807) is 24.3 Å². The number of para-hydroxylation sites is 1. The molecule has 11 heteroatoms. The van der Waals surface area contributed by atoms with Crippen molar-refractivity contribution >= 4 is 39.1 Å². The SMILES string of the molecule is Cc1c(C(=O)Nc2cccc(C(F)(F)F)c2)nnn1CC(=O)Nc1ccccc1Br. The monoisotopic (exact) mass is 481 g/mol. The Hall–Kier alpha value is -3.21. The van der Waals surface area contributed by atoms with Gasteiger partial charge in [0.05, 0.1) is 16.9 Å². The summed E-state index contributed by atoms with van der Waals surface area (Å²) in [7, 11) is 0. The van der Waals surface area contributed by atoms with E-state index in [0.717, 1.165) is 12.1 Å². The van der Waals surface area contributed by atoms with Crippen LogP contribution in [0.4, 0.5) is 24.5 Å². The van der Waals surface area contributed by atoms with Crippen molar-refractivity contribution in [2.75, 3.05) is 10.6 Å². The first-order valence-electron chi connectivity index (χ1n) is 8.58. The van der Waals surface area contributed by atoms with Crippen LogP contribution in [0, 0.1) is 6.92 Å². The van der Waals surface area contributed by atoms with E-state index in [-0.39, 0.29) is 23.8 Å². The second-order valence-electron chi connectivity index (χ2n) is 6.24. The first-order chi connectivity index (χ1) is 14.1. The van der Waals surface area contributed by atoms with Crippen LogP contribution >= 0.6 is 15.9 Å². The topological polar surface area (TPSA) is 88.9 Å². The average Bonchev–Trinajstić information content (AvgIpc) is 3.03. The first-order valence-corrected chi connectivity index (χ1v) is 9.37. The van der Waals surface area contributed by atoms with Gasteiger partial charge >= 0.3 is 6.18 Å². The van der Waals surface area contributed by atoms with Crippen LogP contribution < -0.4 is 10.6 Å². The van der Waals surface area contributed by atoms with Crippen molar-refractivity contribution in [3.63, 3.8) is 0 Å². The van der Waals surface area contributed by atoms with Gasteiger partial charge in [0.2, 0.25) is 5.91 Å². The molecule has 0 radical (unpaired) electrons. The van der Waals surface area contributed by atoms with Gasteiger partial charge in [-0.1, -0.05) is 23.4 Å². The van der Waals surface area contributed by atoms with Gasteiger partial charge in [-0.05, 0) is 53.2 Å². The van der Waals surface area contributed by atoms with Crippen LogP contribution in [0.3, 0.4) is 0 Å². The molecule has 1 heterocycles. The predicted molar refractivity (Wildman–Crippen MR) is 107 cm³/mol. The fourth-order valence-corrected chi connectivity index (χ4v) is 2.96. The first kappa shape index (κ1) is 21.5. The third-order valence-corrected chi connectivity index (χ3v) is 4.78. The molecule has 1 aromatic heterocycles. The van der Waals surface area contributed by atoms with Crippen LogP contribution in [0.5, 0.6) is 0 Å². The Morgan fingerprint density at radius 2 is 1.83 bits per heavy atom. The molecule has 156 valence electrons. The molecule has 0 aliphatic rings. The molecule has 2 amide bonds. The van der Waals surface area contributed by atoms with E-state index in [4.69, 9.17) is 0 Å². The lowest BCUT2D eigenvalue weighted by molar-refractivity contribution is -0.137. The number of carbonyl (C=O) groups excluding carboxylic acids is 2. The van der Waals surface area contributed by atoms with Crippen molar-refractivity contribution in [2.24, 2.45) is 0 Å². The molecule has 0 aliphatic carbocycles. The molecule has 2 aromatic carbocycles. The largest absolute Gasteiger partial charge is 0.416 e. The molecular formula is C19H15BrF3N5O2. The zero-order valence-electron chi connectivity index (χ0n) is 15.5. The van der Waals surface area contributed by atoms with E-state index >= 15 is 0 Å². The van der Waals surface area contributed by atoms with Crippen molar-refractivity contribution < 1.29 is 22.8 Å². The normalized spacial score (nSPS) is 11.2. The number of amides is 2. The number of halogens is 4. The molecule has 3 rings (SSSR count). The van der Waals surface area contributed by atoms with E-state index in [1.165, 1.54) is 23.7 Å². The Kier molecular flexibility index (Phi) is 6.20. The van der Waals surface area contributed by atoms with E-state index in [2.05, 4.69) is 36.9 Å². The molecule has 0 fully saturated rings. The lowest BCUT2D eigenvalue weighted by Gasteiger charge is -2.09. The molecule has 0 spiro atoms. The number of alkyl halides is 3. The van der Waals surface area contributed by atoms with Crippen LogP contribution in [-0.2, 0) is 17.5 Å². The number of nitrogens with zero attached hydrogens (tertiary/aromatic N) is 3. The van der Waals surface area contributed by atoms with Crippen LogP contribution in [-0.4, -0.2) is 26.8 Å². The van der Waals surface area contributed by atoms with Gasteiger partial charge in [0.25, 0.3) is 5.91 Å². The number of carbonyl (C=O) groups is 2. The minimum absolute atomic E-state index is 0.0320. The molecule has 0 aliphatic heterocycles. The quantitative estimate of drug-likeness (QED) is 0.569. The number of rotatable bonds is 5. The number of anilines is 2. The van der Waals surface area contributed by atoms with Gasteiger partial charge in [-0.2, -0.15) is 13.2 Å². The fourth-order valence-electron chi connectivity index (χ4n) is 2.57. The minimum Gasteiger partial charge on any atom is -0.323 e. The summed E-state index contributed by atoms with van der Waals surface area (Å²) in [6.07, 6.45) is -4.53. The van der Waals surface area contributed by atoms with Crippen LogP contribution in [0.25, 0.3) is 0 Å². The fraction of sp³-hybridized carbons (Fsp3) is 0.158. The Morgan fingerprint density at radius 1 is 1.10 bits per heavy atom. The Bertz CT molecular complexity index is 1100. The summed E-state index contributed by atoms with van der Waals surface area (Å²) in [5.41, 5.74) is -0.148. The van der Waals surface area contributed by atoms with E-state index in [1.807, 2.05) is 0 Å². The lowest BCUT2D eigenvalue weighted by atomic mass is 10.2. The number of aromatic nitrogens is 3. The molecule has 0 saturated carbocycles. The molecule has 0 saturated heterocycles. The minimum atomic E-state index is -4.53. The van der Waals surface area contributed by atoms with Crippen LogP contribution in [0.15, 0.2) is 53.0 Å². The lowest BCUT2D eigenvalue weighted by Crippen LogP contribution is -2.21. The van der Waals surface area contributed by atoms with Gasteiger partial charge in [-0.3, -0.25) is 9.59 Å². The van der Waals surface area contributed by atoms with Crippen molar-refractivity contribution in [2.45, 2.75) is 19.6 Å². The molecular weight excluding hydrogens is 467 g/mol. The van der Waals surface area contributed by atoms with E-state index in [9.17, 15) is 22.8 Å². The third-order valence-electron chi connectivity index (χ3n) is 4.09. The highest BCUT2D eigenvalue weighted by Gasteiger charge is 2.30. The van der Waals surface area contributed by atoms with Crippen LogP contribution in [0.2, 0.25) is 0 Å². The smallest absolute Gasteiger partial charge is 0.323 e. The highest BCUT2D eigenvalue weighted by molar-refractivity contribution is 9.10. The molecule has 0 unspecified atom stereocenters. The molecule has 7 nitrogen and oxygen atoms in total. The van der Waals surface area contributed by atoms with Gasteiger partial charge in [-0.25, -0.2) is 4.68 Å². The summed E-state index contributed by atoms with van der Waals surface area (Å²) in [5, 5.41) is 12.6. The maximum atomic E-state index is 12.8. The second-order valence-corrected chi connectivity index (χ2v) is 7.10. The van der Waals surface area contributed by atoms with E-state index in [0.29, 0.717) is 15.9 Å². The summed E-state index contributed by atoms with van der Waals surface area (Å²) >= 11 is 3.32. The van der Waals surface area contributed by atoms with E-state index < -0.39 is 17.6 Å². The summed E-state index contributed by atoms with van der Waals surface area (Å²) in [6.45, 7) is 1.34. The molecule has 0 atom stereocenters. The number of hydrogen-bond donors (Lipinski definition) is 2. The zero-order chi connectivity index (χ0) is 21.9. The average molecular weight is 482 g/mol. The van der Waals surface area contributed by atoms with Gasteiger partial charge in [-0.15, -0.1) is 5.10 Å². The second kappa shape index (κ2) is 8.66. The summed E-state index contributed by atoms with van der Waals surface area (Å²) in [4.78, 5) is 24.7. The standard InChI is InChI=1S/C19H15BrF3N5O2/c1-11-17(18(30)24-13-6-4-5-12(9-13)19(21,22)23)26-27-28(11)10-16(29)25-15-8-3-2-7-14(15)20/h2-9H,10H2,1H3,(H,24,30)(H,25,29). The summed E-state index contributed by atoms with van der Waals surface area (Å²) in [5.74, 6) is -1.12. The van der Waals surface area contributed by atoms with Gasteiger partial charge in [0, 0.05) is 10.2 Å². The van der Waals surface area contributed by atoms with Crippen molar-refractivity contribution in [1.29, 1.82) is 0 Å². The molecule has 0 bridgehead atoms. The number of nitrogens with one attached hydrogen (secondary N) is 2. The van der Waals surface area contributed by atoms with Gasteiger partial charge in [0.15, 0.2) is 5.69 Å². The Balaban J connectivity index is 1.69. The Labute approximate surface area is 177 Å². The summed E-state index contributed by atoms with van der Waals surface area (Å²) < 4.78 is 40.4. The Morgan fingerprint density at radius 3 is 2.53 bits per heavy atom. The van der Waals surface area contributed by atoms with Crippen molar-refractivity contribution in [1.82, 2.24) is 15.0 Å². The maximum Gasteiger partial charge on any atom is 0.416 e. The maximum absolute atomic E-state index is 12.8. The van der Waals surface area contributed by atoms with Crippen molar-refractivity contribution in [3.8, 4) is 0 Å². The highest BCUT2D eigenvalue weighted by Crippen LogP contribution is 2.30. The van der Waals surface area contributed by atoms with Crippen molar-refractivity contribution in [3.05, 3.63) is 70.0 Å². The summed E-state index contributed by atoms with van der Waals surface area (Å²) in [6, 6.07) is 11.3.